The summed E-state index contributed by atoms with van der Waals surface area (Å²) in [5.41, 5.74) is 6.56. The summed E-state index contributed by atoms with van der Waals surface area (Å²) in [4.78, 5) is 10.5. The summed E-state index contributed by atoms with van der Waals surface area (Å²) in [6, 6.07) is 0. The predicted molar refractivity (Wildman–Crippen MR) is 126 cm³/mol. The molecule has 0 heterocycles. The van der Waals surface area contributed by atoms with Gasteiger partial charge < -0.3 is 5.11 Å². The van der Waals surface area contributed by atoms with Crippen LogP contribution in [0.3, 0.4) is 0 Å². The van der Waals surface area contributed by atoms with E-state index in [0.29, 0.717) is 0 Å². The normalized spacial score (nSPS) is 19.4. The number of carboxylic acids is 1. The molecule has 29 heavy (non-hydrogen) atoms. The Balaban J connectivity index is 2.67. The van der Waals surface area contributed by atoms with Crippen molar-refractivity contribution in [1.29, 1.82) is 0 Å². The third-order valence-electron chi connectivity index (χ3n) is 5.09. The zero-order valence-corrected chi connectivity index (χ0v) is 18.8. The Kier molecular flexibility index (Phi) is 10.2. The van der Waals surface area contributed by atoms with Crippen molar-refractivity contribution < 1.29 is 9.90 Å². The first-order chi connectivity index (χ1) is 13.6. The third kappa shape index (κ3) is 9.94. The van der Waals surface area contributed by atoms with E-state index in [4.69, 9.17) is 5.11 Å². The number of hydrogen-bond donors (Lipinski definition) is 1. The second kappa shape index (κ2) is 12.1. The molecule has 0 bridgehead atoms. The lowest BCUT2D eigenvalue weighted by atomic mass is 9.72. The number of carbonyl (C=O) groups is 1. The SMILES string of the molecule is CC1=C(/C=C/C(C)=C/C=C/C(C)=C/C=C/C=C(C)/C=C/C(=O)O)C(C)(C)CCC1. The molecule has 0 aromatic heterocycles. The summed E-state index contributed by atoms with van der Waals surface area (Å²) in [6.07, 6.45) is 25.1. The van der Waals surface area contributed by atoms with Gasteiger partial charge in [-0.3, -0.25) is 0 Å². The number of rotatable bonds is 8. The molecule has 2 nitrogen and oxygen atoms in total. The molecule has 156 valence electrons. The highest BCUT2D eigenvalue weighted by atomic mass is 16.4. The van der Waals surface area contributed by atoms with Crippen molar-refractivity contribution in [2.75, 3.05) is 0 Å². The summed E-state index contributed by atoms with van der Waals surface area (Å²) in [5.74, 6) is -0.935. The lowest BCUT2D eigenvalue weighted by molar-refractivity contribution is -0.131. The van der Waals surface area contributed by atoms with Gasteiger partial charge in [0.1, 0.15) is 0 Å². The summed E-state index contributed by atoms with van der Waals surface area (Å²) in [7, 11) is 0. The topological polar surface area (TPSA) is 37.3 Å². The lowest BCUT2D eigenvalue weighted by Crippen LogP contribution is -2.19. The van der Waals surface area contributed by atoms with Crippen LogP contribution in [-0.4, -0.2) is 11.1 Å². The van der Waals surface area contributed by atoms with E-state index < -0.39 is 5.97 Å². The van der Waals surface area contributed by atoms with Gasteiger partial charge in [-0.05, 0) is 57.9 Å². The molecule has 1 aliphatic rings. The van der Waals surface area contributed by atoms with Gasteiger partial charge in [0.25, 0.3) is 0 Å². The lowest BCUT2D eigenvalue weighted by Gasteiger charge is -2.32. The minimum Gasteiger partial charge on any atom is -0.478 e. The molecule has 0 spiro atoms. The maximum Gasteiger partial charge on any atom is 0.328 e. The highest BCUT2D eigenvalue weighted by molar-refractivity contribution is 5.80. The Morgan fingerprint density at radius 2 is 1.41 bits per heavy atom. The van der Waals surface area contributed by atoms with Crippen LogP contribution in [0.4, 0.5) is 0 Å². The highest BCUT2D eigenvalue weighted by Gasteiger charge is 2.26. The number of hydrogen-bond acceptors (Lipinski definition) is 1. The summed E-state index contributed by atoms with van der Waals surface area (Å²) < 4.78 is 0. The molecule has 0 aromatic carbocycles. The van der Waals surface area contributed by atoms with Crippen LogP contribution in [0.2, 0.25) is 0 Å². The second-order valence-electron chi connectivity index (χ2n) is 8.41. The molecule has 0 aliphatic heterocycles. The van der Waals surface area contributed by atoms with Crippen molar-refractivity contribution in [3.8, 4) is 0 Å². The zero-order chi connectivity index (χ0) is 21.9. The molecule has 0 atom stereocenters. The van der Waals surface area contributed by atoms with Gasteiger partial charge in [0.15, 0.2) is 0 Å². The van der Waals surface area contributed by atoms with Crippen molar-refractivity contribution in [3.63, 3.8) is 0 Å². The van der Waals surface area contributed by atoms with E-state index in [1.807, 2.05) is 31.2 Å². The van der Waals surface area contributed by atoms with Gasteiger partial charge in [-0.1, -0.05) is 96.9 Å². The zero-order valence-electron chi connectivity index (χ0n) is 18.8. The van der Waals surface area contributed by atoms with E-state index >= 15 is 0 Å². The number of aliphatic carboxylic acids is 1. The van der Waals surface area contributed by atoms with E-state index in [-0.39, 0.29) is 5.41 Å². The summed E-state index contributed by atoms with van der Waals surface area (Å²) >= 11 is 0. The molecule has 0 unspecified atom stereocenters. The predicted octanol–water partition coefficient (Wildman–Crippen LogP) is 7.66. The van der Waals surface area contributed by atoms with Gasteiger partial charge in [0, 0.05) is 6.08 Å². The Morgan fingerprint density at radius 3 is 2.00 bits per heavy atom. The average molecular weight is 393 g/mol. The molecule has 1 rings (SSSR count). The largest absolute Gasteiger partial charge is 0.478 e. The van der Waals surface area contributed by atoms with Crippen LogP contribution in [0.5, 0.6) is 0 Å². The van der Waals surface area contributed by atoms with Gasteiger partial charge in [-0.2, -0.15) is 0 Å². The first-order valence-electron chi connectivity index (χ1n) is 10.3. The molecule has 0 amide bonds. The maximum atomic E-state index is 10.5. The van der Waals surface area contributed by atoms with Gasteiger partial charge in [-0.25, -0.2) is 4.79 Å². The fourth-order valence-electron chi connectivity index (χ4n) is 3.36. The van der Waals surface area contributed by atoms with Crippen molar-refractivity contribution in [1.82, 2.24) is 0 Å². The Labute approximate surface area is 177 Å². The number of carboxylic acid groups (broad SMARTS) is 1. The fraction of sp³-hybridized carbons (Fsp3) is 0.370. The average Bonchev–Trinajstić information content (AvgIpc) is 2.62. The molecule has 1 aliphatic carbocycles. The molecule has 1 N–H and O–H groups in total. The molecule has 0 radical (unpaired) electrons. The molecule has 0 saturated heterocycles. The summed E-state index contributed by atoms with van der Waals surface area (Å²) in [5, 5.41) is 8.60. The van der Waals surface area contributed by atoms with E-state index in [1.54, 1.807) is 6.08 Å². The minimum absolute atomic E-state index is 0.275. The van der Waals surface area contributed by atoms with Crippen LogP contribution in [0, 0.1) is 5.41 Å². The van der Waals surface area contributed by atoms with Gasteiger partial charge in [-0.15, -0.1) is 0 Å². The molecular formula is C27H36O2. The van der Waals surface area contributed by atoms with Crippen LogP contribution in [0.25, 0.3) is 0 Å². The van der Waals surface area contributed by atoms with Crippen molar-refractivity contribution in [2.45, 2.75) is 60.8 Å². The van der Waals surface area contributed by atoms with E-state index in [1.165, 1.54) is 36.0 Å². The summed E-state index contributed by atoms with van der Waals surface area (Å²) in [6.45, 7) is 13.0. The number of allylic oxidation sites excluding steroid dienone is 15. The van der Waals surface area contributed by atoms with Crippen LogP contribution in [-0.2, 0) is 4.79 Å². The van der Waals surface area contributed by atoms with Crippen molar-refractivity contribution in [2.24, 2.45) is 5.41 Å². The fourth-order valence-corrected chi connectivity index (χ4v) is 3.36. The Morgan fingerprint density at radius 1 is 0.862 bits per heavy atom. The van der Waals surface area contributed by atoms with E-state index in [2.05, 4.69) is 65.0 Å². The van der Waals surface area contributed by atoms with E-state index in [0.717, 1.165) is 17.2 Å². The second-order valence-corrected chi connectivity index (χ2v) is 8.41. The minimum atomic E-state index is -0.935. The smallest absolute Gasteiger partial charge is 0.328 e. The Hall–Kier alpha value is -2.61. The third-order valence-corrected chi connectivity index (χ3v) is 5.09. The van der Waals surface area contributed by atoms with Crippen LogP contribution in [0.15, 0.2) is 94.7 Å². The molecular weight excluding hydrogens is 356 g/mol. The van der Waals surface area contributed by atoms with Gasteiger partial charge in [0.2, 0.25) is 0 Å². The highest BCUT2D eigenvalue weighted by Crippen LogP contribution is 2.40. The van der Waals surface area contributed by atoms with Crippen LogP contribution in [0.1, 0.15) is 60.8 Å². The van der Waals surface area contributed by atoms with Crippen LogP contribution < -0.4 is 0 Å². The monoisotopic (exact) mass is 392 g/mol. The van der Waals surface area contributed by atoms with Crippen LogP contribution >= 0.6 is 0 Å². The molecule has 2 heteroatoms. The van der Waals surface area contributed by atoms with E-state index in [9.17, 15) is 4.79 Å². The van der Waals surface area contributed by atoms with Gasteiger partial charge in [0.05, 0.1) is 0 Å². The standard InChI is InChI=1S/C27H36O2/c1-21(11-7-8-12-22(2)17-19-26(28)29)13-9-14-23(3)16-18-25-24(4)15-10-20-27(25,5)6/h7-9,11-14,16-19H,10,15,20H2,1-6H3,(H,28,29)/b8-7+,13-9+,18-16+,19-17+,21-11+,22-12+,23-14+. The quantitative estimate of drug-likeness (QED) is 0.340. The Bertz CT molecular complexity index is 819. The maximum absolute atomic E-state index is 10.5. The van der Waals surface area contributed by atoms with Crippen molar-refractivity contribution in [3.05, 3.63) is 94.7 Å². The first kappa shape index (κ1) is 24.4. The van der Waals surface area contributed by atoms with Gasteiger partial charge >= 0.3 is 5.97 Å². The molecule has 0 fully saturated rings. The first-order valence-corrected chi connectivity index (χ1v) is 10.3. The molecule has 0 aromatic rings. The molecule has 0 saturated carbocycles. The van der Waals surface area contributed by atoms with Crippen molar-refractivity contribution >= 4 is 5.97 Å².